The number of carbonyl (C=O) groups is 4. The average molecular weight is 350 g/mol. The van der Waals surface area contributed by atoms with Gasteiger partial charge in [0, 0.05) is 43.2 Å². The summed E-state index contributed by atoms with van der Waals surface area (Å²) in [6, 6.07) is 0. The lowest BCUT2D eigenvalue weighted by Crippen LogP contribution is -2.46. The molecule has 0 aliphatic carbocycles. The van der Waals surface area contributed by atoms with Crippen LogP contribution in [-0.2, 0) is 19.2 Å². The first kappa shape index (κ1) is 19.6. The maximum atomic E-state index is 12.5. The maximum absolute atomic E-state index is 12.5. The van der Waals surface area contributed by atoms with Crippen LogP contribution in [0.2, 0.25) is 0 Å². The van der Waals surface area contributed by atoms with Crippen molar-refractivity contribution in [3.8, 4) is 0 Å². The second kappa shape index (κ2) is 6.89. The van der Waals surface area contributed by atoms with Gasteiger partial charge in [0.25, 0.3) is 0 Å². The molecule has 0 aromatic rings. The Morgan fingerprint density at radius 1 is 0.800 bits per heavy atom. The van der Waals surface area contributed by atoms with Crippen molar-refractivity contribution in [3.63, 3.8) is 0 Å². The van der Waals surface area contributed by atoms with Crippen LogP contribution in [0.4, 0.5) is 0 Å². The first-order valence-corrected chi connectivity index (χ1v) is 9.13. The Hall–Kier alpha value is -1.72. The van der Waals surface area contributed by atoms with Gasteiger partial charge >= 0.3 is 0 Å². The predicted octanol–water partition coefficient (Wildman–Crippen LogP) is 2.07. The minimum atomic E-state index is -0.533. The highest BCUT2D eigenvalue weighted by atomic mass is 16.2. The summed E-state index contributed by atoms with van der Waals surface area (Å²) in [7, 11) is 0. The van der Waals surface area contributed by atoms with Crippen molar-refractivity contribution < 1.29 is 19.2 Å². The minimum Gasteiger partial charge on any atom is -0.282 e. The zero-order chi connectivity index (χ0) is 19.1. The highest BCUT2D eigenvalue weighted by Gasteiger charge is 2.45. The van der Waals surface area contributed by atoms with Crippen molar-refractivity contribution in [2.45, 2.75) is 54.4 Å². The van der Waals surface area contributed by atoms with E-state index in [9.17, 15) is 19.2 Å². The fourth-order valence-electron chi connectivity index (χ4n) is 3.70. The van der Waals surface area contributed by atoms with Crippen LogP contribution >= 0.6 is 0 Å². The van der Waals surface area contributed by atoms with Gasteiger partial charge in [0.1, 0.15) is 0 Å². The Balaban J connectivity index is 2.07. The van der Waals surface area contributed by atoms with Crippen molar-refractivity contribution in [1.82, 2.24) is 9.80 Å². The standard InChI is InChI=1S/C19H30N2O4/c1-11(2)13-7-15(22)20(17(13)24)9-19(5,6)10-21-16(23)8-14(12(3)4)18(21)25/h11-14H,7-10H2,1-6H3. The van der Waals surface area contributed by atoms with Gasteiger partial charge in [-0.3, -0.25) is 29.0 Å². The number of rotatable bonds is 6. The molecule has 0 radical (unpaired) electrons. The van der Waals surface area contributed by atoms with Gasteiger partial charge in [-0.1, -0.05) is 41.5 Å². The summed E-state index contributed by atoms with van der Waals surface area (Å²) >= 11 is 0. The van der Waals surface area contributed by atoms with Crippen molar-refractivity contribution in [3.05, 3.63) is 0 Å². The van der Waals surface area contributed by atoms with Crippen LogP contribution in [0.1, 0.15) is 54.4 Å². The first-order chi connectivity index (χ1) is 11.4. The van der Waals surface area contributed by atoms with Crippen LogP contribution in [0, 0.1) is 29.1 Å². The molecule has 140 valence electrons. The molecule has 0 saturated carbocycles. The van der Waals surface area contributed by atoms with Crippen LogP contribution in [-0.4, -0.2) is 46.5 Å². The third kappa shape index (κ3) is 3.93. The SMILES string of the molecule is CC(C)C1CC(=O)N(CC(C)(C)CN2C(=O)CC(C(C)C)C2=O)C1=O. The highest BCUT2D eigenvalue weighted by molar-refractivity contribution is 6.04. The fraction of sp³-hybridized carbons (Fsp3) is 0.789. The third-order valence-electron chi connectivity index (χ3n) is 5.34. The number of likely N-dealkylation sites (tertiary alicyclic amines) is 2. The first-order valence-electron chi connectivity index (χ1n) is 9.13. The molecule has 6 nitrogen and oxygen atoms in total. The lowest BCUT2D eigenvalue weighted by molar-refractivity contribution is -0.143. The van der Waals surface area contributed by atoms with Crippen molar-refractivity contribution >= 4 is 23.6 Å². The molecule has 2 atom stereocenters. The van der Waals surface area contributed by atoms with E-state index in [1.54, 1.807) is 0 Å². The Labute approximate surface area is 149 Å². The van der Waals surface area contributed by atoms with Gasteiger partial charge in [0.05, 0.1) is 0 Å². The molecule has 0 bridgehead atoms. The van der Waals surface area contributed by atoms with E-state index in [4.69, 9.17) is 0 Å². The summed E-state index contributed by atoms with van der Waals surface area (Å²) in [6.07, 6.45) is 0.507. The molecule has 6 heteroatoms. The molecule has 0 N–H and O–H groups in total. The van der Waals surface area contributed by atoms with Gasteiger partial charge < -0.3 is 0 Å². The predicted molar refractivity (Wildman–Crippen MR) is 93.1 cm³/mol. The average Bonchev–Trinajstić information content (AvgIpc) is 2.91. The van der Waals surface area contributed by atoms with E-state index >= 15 is 0 Å². The highest BCUT2D eigenvalue weighted by Crippen LogP contribution is 2.32. The number of hydrogen-bond acceptors (Lipinski definition) is 4. The molecular weight excluding hydrogens is 320 g/mol. The normalized spacial score (nSPS) is 25.3. The van der Waals surface area contributed by atoms with E-state index in [0.717, 1.165) is 0 Å². The molecule has 2 unspecified atom stereocenters. The Bertz CT molecular complexity index is 544. The molecule has 0 aromatic carbocycles. The van der Waals surface area contributed by atoms with Crippen LogP contribution in [0.5, 0.6) is 0 Å². The van der Waals surface area contributed by atoms with Gasteiger partial charge in [-0.15, -0.1) is 0 Å². The monoisotopic (exact) mass is 350 g/mol. The summed E-state index contributed by atoms with van der Waals surface area (Å²) in [4.78, 5) is 52.1. The molecular formula is C19H30N2O4. The molecule has 2 fully saturated rings. The van der Waals surface area contributed by atoms with Gasteiger partial charge in [0.2, 0.25) is 23.6 Å². The van der Waals surface area contributed by atoms with Gasteiger partial charge in [-0.05, 0) is 11.8 Å². The van der Waals surface area contributed by atoms with Gasteiger partial charge in [0.15, 0.2) is 0 Å². The molecule has 2 saturated heterocycles. The number of hydrogen-bond donors (Lipinski definition) is 0. The molecule has 2 aliphatic rings. The quantitative estimate of drug-likeness (QED) is 0.687. The number of carbonyl (C=O) groups excluding carboxylic acids is 4. The van der Waals surface area contributed by atoms with Crippen LogP contribution in [0.15, 0.2) is 0 Å². The van der Waals surface area contributed by atoms with Crippen molar-refractivity contribution in [1.29, 1.82) is 0 Å². The second-order valence-corrected chi connectivity index (χ2v) is 8.91. The van der Waals surface area contributed by atoms with E-state index in [-0.39, 0.29) is 73.2 Å². The molecule has 2 aliphatic heterocycles. The fourth-order valence-corrected chi connectivity index (χ4v) is 3.70. The van der Waals surface area contributed by atoms with E-state index in [2.05, 4.69) is 0 Å². The van der Waals surface area contributed by atoms with Crippen LogP contribution < -0.4 is 0 Å². The third-order valence-corrected chi connectivity index (χ3v) is 5.34. The summed E-state index contributed by atoms with van der Waals surface area (Å²) in [5, 5.41) is 0. The lowest BCUT2D eigenvalue weighted by Gasteiger charge is -2.32. The van der Waals surface area contributed by atoms with E-state index in [1.807, 2.05) is 41.5 Å². The Kier molecular flexibility index (Phi) is 5.40. The van der Waals surface area contributed by atoms with Gasteiger partial charge in [-0.25, -0.2) is 0 Å². The molecule has 2 heterocycles. The Morgan fingerprint density at radius 3 is 1.36 bits per heavy atom. The van der Waals surface area contributed by atoms with E-state index in [0.29, 0.717) is 0 Å². The zero-order valence-corrected chi connectivity index (χ0v) is 16.2. The topological polar surface area (TPSA) is 74.8 Å². The number of amides is 4. The summed E-state index contributed by atoms with van der Waals surface area (Å²) in [5.41, 5.74) is -0.533. The largest absolute Gasteiger partial charge is 0.282 e. The van der Waals surface area contributed by atoms with Gasteiger partial charge in [-0.2, -0.15) is 0 Å². The van der Waals surface area contributed by atoms with Crippen molar-refractivity contribution in [2.24, 2.45) is 29.1 Å². The molecule has 0 aromatic heterocycles. The summed E-state index contributed by atoms with van der Waals surface area (Å²) < 4.78 is 0. The Morgan fingerprint density at radius 2 is 1.12 bits per heavy atom. The lowest BCUT2D eigenvalue weighted by atomic mass is 9.91. The number of imide groups is 2. The summed E-state index contributed by atoms with van der Waals surface area (Å²) in [6.45, 7) is 12.0. The van der Waals surface area contributed by atoms with Crippen LogP contribution in [0.3, 0.4) is 0 Å². The van der Waals surface area contributed by atoms with E-state index < -0.39 is 5.41 Å². The minimum absolute atomic E-state index is 0.123. The second-order valence-electron chi connectivity index (χ2n) is 8.91. The zero-order valence-electron chi connectivity index (χ0n) is 16.2. The number of nitrogens with zero attached hydrogens (tertiary/aromatic N) is 2. The van der Waals surface area contributed by atoms with Crippen molar-refractivity contribution in [2.75, 3.05) is 13.1 Å². The molecule has 0 spiro atoms. The molecule has 25 heavy (non-hydrogen) atoms. The van der Waals surface area contributed by atoms with Crippen LogP contribution in [0.25, 0.3) is 0 Å². The smallest absolute Gasteiger partial charge is 0.233 e. The maximum Gasteiger partial charge on any atom is 0.233 e. The molecule has 4 amide bonds. The summed E-state index contributed by atoms with van der Waals surface area (Å²) in [5.74, 6) is -0.852. The van der Waals surface area contributed by atoms with E-state index in [1.165, 1.54) is 9.80 Å². The molecule has 2 rings (SSSR count).